The van der Waals surface area contributed by atoms with Gasteiger partial charge in [-0.15, -0.1) is 0 Å². The van der Waals surface area contributed by atoms with E-state index in [9.17, 15) is 8.42 Å². The third-order valence-electron chi connectivity index (χ3n) is 3.70. The van der Waals surface area contributed by atoms with E-state index in [-0.39, 0.29) is 11.4 Å². The third-order valence-corrected chi connectivity index (χ3v) is 5.65. The minimum atomic E-state index is -3.71. The van der Waals surface area contributed by atoms with E-state index in [4.69, 9.17) is 25.8 Å². The fourth-order valence-corrected chi connectivity index (χ4v) is 3.89. The number of ether oxygens (including phenoxy) is 3. The van der Waals surface area contributed by atoms with Crippen molar-refractivity contribution in [1.29, 1.82) is 0 Å². The molecule has 0 bridgehead atoms. The maximum absolute atomic E-state index is 12.6. The summed E-state index contributed by atoms with van der Waals surface area (Å²) < 4.78 is 43.5. The van der Waals surface area contributed by atoms with Crippen molar-refractivity contribution in [2.45, 2.75) is 18.4 Å². The average molecular weight is 386 g/mol. The molecule has 0 heterocycles. The van der Waals surface area contributed by atoms with E-state index in [0.29, 0.717) is 33.4 Å². The first-order chi connectivity index (χ1) is 11.8. The molecule has 2 rings (SSSR count). The minimum Gasteiger partial charge on any atom is -0.493 e. The molecule has 0 aliphatic carbocycles. The molecule has 2 aromatic carbocycles. The van der Waals surface area contributed by atoms with Crippen molar-refractivity contribution in [3.8, 4) is 17.2 Å². The van der Waals surface area contributed by atoms with Crippen molar-refractivity contribution >= 4 is 21.6 Å². The molecule has 8 heteroatoms. The normalized spacial score (nSPS) is 11.2. The predicted octanol–water partition coefficient (Wildman–Crippen LogP) is 3.15. The topological polar surface area (TPSA) is 73.9 Å². The fraction of sp³-hybridized carbons (Fsp3) is 0.294. The Morgan fingerprint density at radius 2 is 1.64 bits per heavy atom. The van der Waals surface area contributed by atoms with Crippen LogP contribution in [0.3, 0.4) is 0 Å². The van der Waals surface area contributed by atoms with Crippen LogP contribution in [0, 0.1) is 6.92 Å². The van der Waals surface area contributed by atoms with Crippen molar-refractivity contribution in [2.75, 3.05) is 21.3 Å². The molecule has 0 aliphatic heterocycles. The molecular weight excluding hydrogens is 366 g/mol. The Hall–Kier alpha value is -1.96. The fourth-order valence-electron chi connectivity index (χ4n) is 2.37. The number of rotatable bonds is 7. The summed E-state index contributed by atoms with van der Waals surface area (Å²) >= 11 is 6.01. The maximum atomic E-state index is 12.6. The quantitative estimate of drug-likeness (QED) is 0.792. The minimum absolute atomic E-state index is 0.0605. The number of hydrogen-bond acceptors (Lipinski definition) is 5. The highest BCUT2D eigenvalue weighted by Gasteiger charge is 2.19. The molecule has 136 valence electrons. The van der Waals surface area contributed by atoms with Crippen molar-refractivity contribution < 1.29 is 22.6 Å². The van der Waals surface area contributed by atoms with Crippen molar-refractivity contribution in [3.63, 3.8) is 0 Å². The van der Waals surface area contributed by atoms with E-state index in [2.05, 4.69) is 4.72 Å². The highest BCUT2D eigenvalue weighted by atomic mass is 35.5. The molecule has 0 atom stereocenters. The second kappa shape index (κ2) is 7.95. The molecule has 1 N–H and O–H groups in total. The number of halogens is 1. The second-order valence-corrected chi connectivity index (χ2v) is 7.36. The lowest BCUT2D eigenvalue weighted by Crippen LogP contribution is -2.24. The number of benzene rings is 2. The summed E-state index contributed by atoms with van der Waals surface area (Å²) in [6.45, 7) is 1.72. The van der Waals surface area contributed by atoms with Gasteiger partial charge in [-0.1, -0.05) is 17.7 Å². The first-order valence-corrected chi connectivity index (χ1v) is 9.23. The SMILES string of the molecule is COc1cc(CNS(=O)(=O)c2cccc(Cl)c2C)cc(OC)c1OC. The first kappa shape index (κ1) is 19.4. The number of nitrogens with one attached hydrogen (secondary N) is 1. The number of methoxy groups -OCH3 is 3. The van der Waals surface area contributed by atoms with Gasteiger partial charge < -0.3 is 14.2 Å². The van der Waals surface area contributed by atoms with Crippen molar-refractivity contribution in [1.82, 2.24) is 4.72 Å². The van der Waals surface area contributed by atoms with Gasteiger partial charge in [-0.3, -0.25) is 0 Å². The van der Waals surface area contributed by atoms with Crippen LogP contribution >= 0.6 is 11.6 Å². The smallest absolute Gasteiger partial charge is 0.241 e. The molecule has 0 fully saturated rings. The van der Waals surface area contributed by atoms with E-state index >= 15 is 0 Å². The summed E-state index contributed by atoms with van der Waals surface area (Å²) in [5.74, 6) is 1.35. The Labute approximate surface area is 152 Å². The lowest BCUT2D eigenvalue weighted by atomic mass is 10.2. The molecule has 0 amide bonds. The summed E-state index contributed by atoms with van der Waals surface area (Å²) in [6, 6.07) is 8.14. The molecular formula is C17H20ClNO5S. The van der Waals surface area contributed by atoms with E-state index in [1.807, 2.05) is 0 Å². The summed E-state index contributed by atoms with van der Waals surface area (Å²) in [5, 5.41) is 0.399. The van der Waals surface area contributed by atoms with Crippen LogP contribution < -0.4 is 18.9 Å². The molecule has 6 nitrogen and oxygen atoms in total. The number of sulfonamides is 1. The van der Waals surface area contributed by atoms with E-state index in [0.717, 1.165) is 0 Å². The van der Waals surface area contributed by atoms with Gasteiger partial charge >= 0.3 is 0 Å². The zero-order chi connectivity index (χ0) is 18.6. The summed E-state index contributed by atoms with van der Waals surface area (Å²) in [5.41, 5.74) is 1.17. The van der Waals surface area contributed by atoms with Crippen LogP contribution in [0.25, 0.3) is 0 Å². The Morgan fingerprint density at radius 1 is 1.04 bits per heavy atom. The highest BCUT2D eigenvalue weighted by Crippen LogP contribution is 2.38. The van der Waals surface area contributed by atoms with Gasteiger partial charge in [0.25, 0.3) is 0 Å². The van der Waals surface area contributed by atoms with Crippen LogP contribution in [0.2, 0.25) is 5.02 Å². The first-order valence-electron chi connectivity index (χ1n) is 7.37. The molecule has 0 aliphatic rings. The average Bonchev–Trinajstić information content (AvgIpc) is 2.61. The molecule has 2 aromatic rings. The summed E-state index contributed by atoms with van der Waals surface area (Å²) in [7, 11) is 0.792. The third kappa shape index (κ3) is 4.18. The molecule has 0 saturated carbocycles. The molecule has 0 radical (unpaired) electrons. The van der Waals surface area contributed by atoms with Gasteiger partial charge in [0.1, 0.15) is 0 Å². The van der Waals surface area contributed by atoms with Gasteiger partial charge in [0, 0.05) is 11.6 Å². The number of hydrogen-bond donors (Lipinski definition) is 1. The maximum Gasteiger partial charge on any atom is 0.241 e. The Balaban J connectivity index is 2.30. The Kier molecular flexibility index (Phi) is 6.16. The molecule has 0 saturated heterocycles. The van der Waals surface area contributed by atoms with Crippen LogP contribution in [0.15, 0.2) is 35.2 Å². The lowest BCUT2D eigenvalue weighted by Gasteiger charge is -2.15. The van der Waals surface area contributed by atoms with Crippen LogP contribution in [-0.4, -0.2) is 29.7 Å². The molecule has 0 spiro atoms. The zero-order valence-corrected chi connectivity index (χ0v) is 16.0. The largest absolute Gasteiger partial charge is 0.493 e. The Bertz CT molecular complexity index is 842. The predicted molar refractivity (Wildman–Crippen MR) is 96.3 cm³/mol. The second-order valence-electron chi connectivity index (χ2n) is 5.22. The van der Waals surface area contributed by atoms with Gasteiger partial charge in [-0.05, 0) is 42.3 Å². The Morgan fingerprint density at radius 3 is 2.16 bits per heavy atom. The standard InChI is InChI=1S/C17H20ClNO5S/c1-11-13(18)6-5-7-16(11)25(20,21)19-10-12-8-14(22-2)17(24-4)15(9-12)23-3/h5-9,19H,10H2,1-4H3. The van der Waals surface area contributed by atoms with Gasteiger partial charge in [-0.25, -0.2) is 13.1 Å². The highest BCUT2D eigenvalue weighted by molar-refractivity contribution is 7.89. The zero-order valence-electron chi connectivity index (χ0n) is 14.4. The van der Waals surface area contributed by atoms with Gasteiger partial charge in [0.15, 0.2) is 11.5 Å². The van der Waals surface area contributed by atoms with Gasteiger partial charge in [0.05, 0.1) is 26.2 Å². The van der Waals surface area contributed by atoms with E-state index < -0.39 is 10.0 Å². The molecule has 0 unspecified atom stereocenters. The van der Waals surface area contributed by atoms with Crippen LogP contribution in [0.4, 0.5) is 0 Å². The lowest BCUT2D eigenvalue weighted by molar-refractivity contribution is 0.323. The summed E-state index contributed by atoms with van der Waals surface area (Å²) in [6.07, 6.45) is 0. The van der Waals surface area contributed by atoms with Crippen LogP contribution in [0.1, 0.15) is 11.1 Å². The molecule has 0 aromatic heterocycles. The summed E-state index contributed by atoms with van der Waals surface area (Å²) in [4.78, 5) is 0.146. The van der Waals surface area contributed by atoms with E-state index in [1.54, 1.807) is 31.2 Å². The molecule has 25 heavy (non-hydrogen) atoms. The monoisotopic (exact) mass is 385 g/mol. The van der Waals surface area contributed by atoms with E-state index in [1.165, 1.54) is 27.4 Å². The van der Waals surface area contributed by atoms with Crippen LogP contribution in [-0.2, 0) is 16.6 Å². The van der Waals surface area contributed by atoms with Crippen molar-refractivity contribution in [2.24, 2.45) is 0 Å². The van der Waals surface area contributed by atoms with Gasteiger partial charge in [-0.2, -0.15) is 0 Å². The van der Waals surface area contributed by atoms with Crippen LogP contribution in [0.5, 0.6) is 17.2 Å². The van der Waals surface area contributed by atoms with Gasteiger partial charge in [0.2, 0.25) is 15.8 Å². The van der Waals surface area contributed by atoms with Crippen molar-refractivity contribution in [3.05, 3.63) is 46.5 Å².